The van der Waals surface area contributed by atoms with E-state index in [1.54, 1.807) is 0 Å². The maximum atomic E-state index is 11.8. The van der Waals surface area contributed by atoms with Gasteiger partial charge in [-0.15, -0.1) is 0 Å². The molecule has 0 fully saturated rings. The highest BCUT2D eigenvalue weighted by atomic mass is 79.9. The lowest BCUT2D eigenvalue weighted by atomic mass is 10.3. The van der Waals surface area contributed by atoms with Gasteiger partial charge >= 0.3 is 0 Å². The Morgan fingerprint density at radius 2 is 2.00 bits per heavy atom. The van der Waals surface area contributed by atoms with Gasteiger partial charge in [-0.1, -0.05) is 29.3 Å². The predicted octanol–water partition coefficient (Wildman–Crippen LogP) is 3.51. The third-order valence-corrected chi connectivity index (χ3v) is 3.31. The minimum absolute atomic E-state index is 0.202. The molecule has 0 aliphatic heterocycles. The zero-order valence-electron chi connectivity index (χ0n) is 11.1. The second-order valence-electron chi connectivity index (χ2n) is 4.35. The number of amides is 1. The van der Waals surface area contributed by atoms with E-state index in [4.69, 9.17) is 0 Å². The number of nitrogens with zero attached hydrogens (tertiary/aromatic N) is 1. The fourth-order valence-electron chi connectivity index (χ4n) is 1.59. The highest BCUT2D eigenvalue weighted by Crippen LogP contribution is 2.13. The van der Waals surface area contributed by atoms with Crippen LogP contribution in [0.4, 0.5) is 5.69 Å². The minimum Gasteiger partial charge on any atom is -0.385 e. The summed E-state index contributed by atoms with van der Waals surface area (Å²) in [6.07, 6.45) is 2.73. The molecule has 1 aromatic rings. The molecule has 0 radical (unpaired) electrons. The van der Waals surface area contributed by atoms with Crippen LogP contribution in [-0.2, 0) is 4.79 Å². The van der Waals surface area contributed by atoms with Crippen LogP contribution in [0, 0.1) is 0 Å². The summed E-state index contributed by atoms with van der Waals surface area (Å²) in [6.45, 7) is 3.66. The Balaban J connectivity index is 2.24. The van der Waals surface area contributed by atoms with Crippen LogP contribution in [-0.4, -0.2) is 30.9 Å². The molecule has 0 aliphatic carbocycles. The molecule has 0 aliphatic rings. The van der Waals surface area contributed by atoms with Gasteiger partial charge in [-0.05, 0) is 30.7 Å². The van der Waals surface area contributed by atoms with Crippen LogP contribution >= 0.6 is 15.9 Å². The van der Waals surface area contributed by atoms with Crippen LogP contribution in [0.15, 0.2) is 28.7 Å². The van der Waals surface area contributed by atoms with E-state index >= 15 is 0 Å². The number of benzene rings is 1. The Morgan fingerprint density at radius 3 is 2.61 bits per heavy atom. The maximum absolute atomic E-state index is 11.8. The number of hydrogen-bond donors (Lipinski definition) is 1. The average molecular weight is 313 g/mol. The Morgan fingerprint density at radius 1 is 1.33 bits per heavy atom. The van der Waals surface area contributed by atoms with Crippen LogP contribution in [0.5, 0.6) is 0 Å². The first-order valence-corrected chi connectivity index (χ1v) is 7.16. The van der Waals surface area contributed by atoms with E-state index in [1.807, 2.05) is 36.2 Å². The first kappa shape index (κ1) is 15.0. The van der Waals surface area contributed by atoms with Gasteiger partial charge in [0.2, 0.25) is 5.91 Å². The molecule has 1 N–H and O–H groups in total. The van der Waals surface area contributed by atoms with Crippen LogP contribution in [0.1, 0.15) is 26.2 Å². The van der Waals surface area contributed by atoms with Gasteiger partial charge < -0.3 is 10.2 Å². The number of nitrogens with one attached hydrogen (secondary N) is 1. The van der Waals surface area contributed by atoms with Crippen molar-refractivity contribution < 1.29 is 4.79 Å². The highest BCUT2D eigenvalue weighted by molar-refractivity contribution is 9.10. The normalized spacial score (nSPS) is 10.2. The molecular formula is C14H21BrN2O. The SMILES string of the molecule is CCCCN(C)C(=O)CCNc1ccc(Br)cc1. The molecule has 1 aromatic carbocycles. The second kappa shape index (κ2) is 8.14. The standard InChI is InChI=1S/C14H21BrN2O/c1-3-4-11-17(2)14(18)9-10-16-13-7-5-12(15)6-8-13/h5-8,16H,3-4,9-11H2,1-2H3. The zero-order chi connectivity index (χ0) is 13.4. The van der Waals surface area contributed by atoms with E-state index in [1.165, 1.54) is 0 Å². The average Bonchev–Trinajstić information content (AvgIpc) is 2.38. The van der Waals surface area contributed by atoms with Crippen molar-refractivity contribution in [1.29, 1.82) is 0 Å². The Hall–Kier alpha value is -1.03. The monoisotopic (exact) mass is 312 g/mol. The number of unbranched alkanes of at least 4 members (excludes halogenated alkanes) is 1. The second-order valence-corrected chi connectivity index (χ2v) is 5.27. The molecule has 1 rings (SSSR count). The van der Waals surface area contributed by atoms with Crippen molar-refractivity contribution >= 4 is 27.5 Å². The van der Waals surface area contributed by atoms with Gasteiger partial charge in [0.15, 0.2) is 0 Å². The van der Waals surface area contributed by atoms with E-state index < -0.39 is 0 Å². The molecule has 100 valence electrons. The summed E-state index contributed by atoms with van der Waals surface area (Å²) in [5.41, 5.74) is 1.04. The zero-order valence-corrected chi connectivity index (χ0v) is 12.7. The summed E-state index contributed by atoms with van der Waals surface area (Å²) >= 11 is 3.39. The van der Waals surface area contributed by atoms with Crippen LogP contribution in [0.3, 0.4) is 0 Å². The van der Waals surface area contributed by atoms with Crippen molar-refractivity contribution in [3.05, 3.63) is 28.7 Å². The van der Waals surface area contributed by atoms with Gasteiger partial charge in [0, 0.05) is 36.7 Å². The van der Waals surface area contributed by atoms with E-state index in [2.05, 4.69) is 28.2 Å². The summed E-state index contributed by atoms with van der Waals surface area (Å²) in [6, 6.07) is 7.96. The molecule has 0 saturated heterocycles. The van der Waals surface area contributed by atoms with Crippen molar-refractivity contribution in [3.63, 3.8) is 0 Å². The quantitative estimate of drug-likeness (QED) is 0.835. The minimum atomic E-state index is 0.202. The van der Waals surface area contributed by atoms with Gasteiger partial charge in [-0.25, -0.2) is 0 Å². The van der Waals surface area contributed by atoms with Gasteiger partial charge in [0.25, 0.3) is 0 Å². The number of rotatable bonds is 7. The summed E-state index contributed by atoms with van der Waals surface area (Å²) in [7, 11) is 1.87. The lowest BCUT2D eigenvalue weighted by Gasteiger charge is -2.17. The number of carbonyl (C=O) groups excluding carboxylic acids is 1. The van der Waals surface area contributed by atoms with Crippen LogP contribution in [0.25, 0.3) is 0 Å². The summed E-state index contributed by atoms with van der Waals surface area (Å²) in [5.74, 6) is 0.202. The molecule has 18 heavy (non-hydrogen) atoms. The molecular weight excluding hydrogens is 292 g/mol. The molecule has 3 nitrogen and oxygen atoms in total. The van der Waals surface area contributed by atoms with Gasteiger partial charge in [0.1, 0.15) is 0 Å². The molecule has 0 bridgehead atoms. The maximum Gasteiger partial charge on any atom is 0.224 e. The third kappa shape index (κ3) is 5.54. The van der Waals surface area contributed by atoms with Gasteiger partial charge in [-0.3, -0.25) is 4.79 Å². The first-order valence-electron chi connectivity index (χ1n) is 6.37. The number of halogens is 1. The van der Waals surface area contributed by atoms with Gasteiger partial charge in [0.05, 0.1) is 0 Å². The number of anilines is 1. The molecule has 4 heteroatoms. The van der Waals surface area contributed by atoms with Crippen molar-refractivity contribution in [2.45, 2.75) is 26.2 Å². The smallest absolute Gasteiger partial charge is 0.224 e. The topological polar surface area (TPSA) is 32.3 Å². The molecule has 1 amide bonds. The Bertz CT molecular complexity index is 365. The van der Waals surface area contributed by atoms with Crippen molar-refractivity contribution in [3.8, 4) is 0 Å². The predicted molar refractivity (Wildman–Crippen MR) is 79.8 cm³/mol. The largest absolute Gasteiger partial charge is 0.385 e. The van der Waals surface area contributed by atoms with E-state index in [-0.39, 0.29) is 5.91 Å². The molecule has 0 spiro atoms. The van der Waals surface area contributed by atoms with Crippen molar-refractivity contribution in [2.24, 2.45) is 0 Å². The first-order chi connectivity index (χ1) is 8.63. The van der Waals surface area contributed by atoms with Crippen molar-refractivity contribution in [1.82, 2.24) is 4.90 Å². The highest BCUT2D eigenvalue weighted by Gasteiger charge is 2.06. The molecule has 0 unspecified atom stereocenters. The lowest BCUT2D eigenvalue weighted by molar-refractivity contribution is -0.129. The lowest BCUT2D eigenvalue weighted by Crippen LogP contribution is -2.29. The summed E-state index contributed by atoms with van der Waals surface area (Å²) in [5, 5.41) is 3.25. The molecule has 0 atom stereocenters. The Kier molecular flexibility index (Phi) is 6.80. The fourth-order valence-corrected chi connectivity index (χ4v) is 1.86. The van der Waals surface area contributed by atoms with Crippen LogP contribution in [0.2, 0.25) is 0 Å². The molecule has 0 aromatic heterocycles. The molecule has 0 heterocycles. The third-order valence-electron chi connectivity index (χ3n) is 2.79. The van der Waals surface area contributed by atoms with E-state index in [0.29, 0.717) is 13.0 Å². The summed E-state index contributed by atoms with van der Waals surface area (Å²) < 4.78 is 1.06. The van der Waals surface area contributed by atoms with E-state index in [0.717, 1.165) is 29.5 Å². The fraction of sp³-hybridized carbons (Fsp3) is 0.500. The van der Waals surface area contributed by atoms with Crippen LogP contribution < -0.4 is 5.32 Å². The number of carbonyl (C=O) groups is 1. The van der Waals surface area contributed by atoms with Gasteiger partial charge in [-0.2, -0.15) is 0 Å². The van der Waals surface area contributed by atoms with E-state index in [9.17, 15) is 4.79 Å². The Labute approximate surface area is 118 Å². The summed E-state index contributed by atoms with van der Waals surface area (Å²) in [4.78, 5) is 13.6. The number of hydrogen-bond acceptors (Lipinski definition) is 2. The van der Waals surface area contributed by atoms with Crippen molar-refractivity contribution in [2.75, 3.05) is 25.5 Å². The molecule has 0 saturated carbocycles.